The molecule has 0 aliphatic carbocycles. The van der Waals surface area contributed by atoms with Gasteiger partial charge in [-0.2, -0.15) is 0 Å². The Morgan fingerprint density at radius 1 is 1.36 bits per heavy atom. The Bertz CT molecular complexity index is 453. The van der Waals surface area contributed by atoms with Crippen molar-refractivity contribution in [2.45, 2.75) is 0 Å². The fourth-order valence-electron chi connectivity index (χ4n) is 1.13. The molecule has 0 unspecified atom stereocenters. The first-order chi connectivity index (χ1) is 6.79. The number of benzene rings is 1. The summed E-state index contributed by atoms with van der Waals surface area (Å²) >= 11 is 0. The fourth-order valence-corrected chi connectivity index (χ4v) is 1.13. The highest BCUT2D eigenvalue weighted by atomic mass is 16.6. The van der Waals surface area contributed by atoms with Crippen molar-refractivity contribution in [3.05, 3.63) is 40.6 Å². The van der Waals surface area contributed by atoms with E-state index >= 15 is 0 Å². The van der Waals surface area contributed by atoms with Gasteiger partial charge in [-0.15, -0.1) is 5.10 Å². The minimum absolute atomic E-state index is 0.0109. The van der Waals surface area contributed by atoms with Crippen LogP contribution in [0, 0.1) is 10.1 Å². The Labute approximate surface area is 78.3 Å². The topological polar surface area (TPSA) is 82.1 Å². The van der Waals surface area contributed by atoms with Gasteiger partial charge in [-0.05, 0) is 6.07 Å². The molecule has 0 saturated carbocycles. The number of hydrogen-bond donors (Lipinski definition) is 0. The highest BCUT2D eigenvalue weighted by Crippen LogP contribution is 2.27. The molecule has 1 aromatic heterocycles. The third-order valence-corrected chi connectivity index (χ3v) is 1.74. The molecule has 1 aromatic carbocycles. The van der Waals surface area contributed by atoms with Gasteiger partial charge < -0.3 is 4.52 Å². The smallest absolute Gasteiger partial charge is 0.278 e. The molecule has 70 valence electrons. The summed E-state index contributed by atoms with van der Waals surface area (Å²) in [5.41, 5.74) is 0.749. The molecule has 0 saturated heterocycles. The van der Waals surface area contributed by atoms with Gasteiger partial charge in [0.1, 0.15) is 5.69 Å². The van der Waals surface area contributed by atoms with E-state index in [2.05, 4.69) is 14.9 Å². The second kappa shape index (κ2) is 3.25. The van der Waals surface area contributed by atoms with Gasteiger partial charge in [0.15, 0.2) is 6.26 Å². The molecule has 0 fully saturated rings. The van der Waals surface area contributed by atoms with Crippen LogP contribution < -0.4 is 0 Å². The number of rotatable bonds is 2. The van der Waals surface area contributed by atoms with Crippen LogP contribution in [0.25, 0.3) is 11.3 Å². The molecule has 6 heteroatoms. The molecule has 6 nitrogen and oxygen atoms in total. The number of hydrogen-bond acceptors (Lipinski definition) is 5. The average Bonchev–Trinajstić information content (AvgIpc) is 2.70. The summed E-state index contributed by atoms with van der Waals surface area (Å²) in [4.78, 5) is 10.2. The third-order valence-electron chi connectivity index (χ3n) is 1.74. The van der Waals surface area contributed by atoms with Crippen LogP contribution in [0.2, 0.25) is 0 Å². The highest BCUT2D eigenvalue weighted by molar-refractivity contribution is 5.69. The monoisotopic (exact) mass is 191 g/mol. The second-order valence-corrected chi connectivity index (χ2v) is 2.56. The first kappa shape index (κ1) is 8.36. The lowest BCUT2D eigenvalue weighted by atomic mass is 10.1. The predicted octanol–water partition coefficient (Wildman–Crippen LogP) is 1.64. The van der Waals surface area contributed by atoms with Crippen molar-refractivity contribution in [3.63, 3.8) is 0 Å². The number of aromatic nitrogens is 2. The summed E-state index contributed by atoms with van der Waals surface area (Å²) in [6.45, 7) is 0. The molecule has 0 aliphatic heterocycles. The van der Waals surface area contributed by atoms with Crippen molar-refractivity contribution in [3.8, 4) is 11.3 Å². The van der Waals surface area contributed by atoms with Crippen molar-refractivity contribution >= 4 is 5.69 Å². The van der Waals surface area contributed by atoms with E-state index in [-0.39, 0.29) is 5.69 Å². The number of para-hydroxylation sites is 1. The van der Waals surface area contributed by atoms with E-state index in [1.54, 1.807) is 18.2 Å². The molecule has 0 aliphatic rings. The molecule has 0 atom stereocenters. The Hall–Kier alpha value is -2.24. The third kappa shape index (κ3) is 1.33. The highest BCUT2D eigenvalue weighted by Gasteiger charge is 2.16. The first-order valence-corrected chi connectivity index (χ1v) is 3.80. The predicted molar refractivity (Wildman–Crippen MR) is 46.4 cm³/mol. The number of nitrogens with zero attached hydrogens (tertiary/aromatic N) is 3. The summed E-state index contributed by atoms with van der Waals surface area (Å²) in [6.07, 6.45) is 1.27. The maximum Gasteiger partial charge on any atom is 0.278 e. The Morgan fingerprint density at radius 2 is 2.14 bits per heavy atom. The van der Waals surface area contributed by atoms with E-state index in [0.29, 0.717) is 11.3 Å². The van der Waals surface area contributed by atoms with Crippen LogP contribution in [0.3, 0.4) is 0 Å². The van der Waals surface area contributed by atoms with E-state index < -0.39 is 4.92 Å². The van der Waals surface area contributed by atoms with Crippen LogP contribution in [-0.4, -0.2) is 15.3 Å². The van der Waals surface area contributed by atoms with Gasteiger partial charge in [0.25, 0.3) is 5.69 Å². The zero-order valence-electron chi connectivity index (χ0n) is 6.95. The molecule has 0 bridgehead atoms. The normalized spacial score (nSPS) is 10.0. The zero-order chi connectivity index (χ0) is 9.97. The molecule has 1 heterocycles. The van der Waals surface area contributed by atoms with Gasteiger partial charge in [-0.1, -0.05) is 12.1 Å². The number of nitro benzene ring substituents is 1. The minimum Gasteiger partial charge on any atom is -0.345 e. The van der Waals surface area contributed by atoms with E-state index in [1.165, 1.54) is 12.3 Å². The minimum atomic E-state index is -0.468. The maximum absolute atomic E-state index is 10.6. The molecule has 0 amide bonds. The van der Waals surface area contributed by atoms with Crippen molar-refractivity contribution in [1.29, 1.82) is 0 Å². The molecular formula is C8H5N3O3. The molecule has 2 aromatic rings. The fraction of sp³-hybridized carbons (Fsp3) is 0. The molecular weight excluding hydrogens is 186 g/mol. The average molecular weight is 191 g/mol. The summed E-state index contributed by atoms with van der Waals surface area (Å²) in [5.74, 6) is 0. The zero-order valence-corrected chi connectivity index (χ0v) is 6.95. The quantitative estimate of drug-likeness (QED) is 0.532. The Balaban J connectivity index is 2.58. The van der Waals surface area contributed by atoms with Crippen LogP contribution in [0.15, 0.2) is 35.1 Å². The summed E-state index contributed by atoms with van der Waals surface area (Å²) in [6, 6.07) is 6.29. The standard InChI is InChI=1S/C8H5N3O3/c12-11(13)8-4-2-1-3-6(8)7-5-14-10-9-7/h1-5H. The van der Waals surface area contributed by atoms with Crippen LogP contribution in [0.1, 0.15) is 0 Å². The van der Waals surface area contributed by atoms with E-state index in [0.717, 1.165) is 0 Å². The van der Waals surface area contributed by atoms with Gasteiger partial charge in [0, 0.05) is 11.3 Å². The van der Waals surface area contributed by atoms with Gasteiger partial charge in [-0.3, -0.25) is 10.1 Å². The lowest BCUT2D eigenvalue weighted by molar-refractivity contribution is -0.384. The van der Waals surface area contributed by atoms with Gasteiger partial charge >= 0.3 is 0 Å². The summed E-state index contributed by atoms with van der Waals surface area (Å²) in [7, 11) is 0. The molecule has 0 spiro atoms. The molecule has 0 N–H and O–H groups in total. The number of nitro groups is 1. The largest absolute Gasteiger partial charge is 0.345 e. The van der Waals surface area contributed by atoms with Gasteiger partial charge in [0.05, 0.1) is 10.5 Å². The van der Waals surface area contributed by atoms with Crippen molar-refractivity contribution in [2.24, 2.45) is 0 Å². The summed E-state index contributed by atoms with van der Waals surface area (Å²) < 4.78 is 4.52. The van der Waals surface area contributed by atoms with E-state index in [4.69, 9.17) is 0 Å². The second-order valence-electron chi connectivity index (χ2n) is 2.56. The van der Waals surface area contributed by atoms with E-state index in [1.807, 2.05) is 0 Å². The Kier molecular flexibility index (Phi) is 1.94. The molecule has 14 heavy (non-hydrogen) atoms. The van der Waals surface area contributed by atoms with Gasteiger partial charge in [0.2, 0.25) is 0 Å². The Morgan fingerprint density at radius 3 is 2.79 bits per heavy atom. The van der Waals surface area contributed by atoms with Crippen LogP contribution in [0.4, 0.5) is 5.69 Å². The van der Waals surface area contributed by atoms with Crippen LogP contribution in [0.5, 0.6) is 0 Å². The van der Waals surface area contributed by atoms with Crippen LogP contribution in [-0.2, 0) is 0 Å². The maximum atomic E-state index is 10.6. The van der Waals surface area contributed by atoms with Crippen LogP contribution >= 0.6 is 0 Å². The summed E-state index contributed by atoms with van der Waals surface area (Å²) in [5, 5.41) is 17.5. The lowest BCUT2D eigenvalue weighted by Gasteiger charge is -1.96. The van der Waals surface area contributed by atoms with E-state index in [9.17, 15) is 10.1 Å². The lowest BCUT2D eigenvalue weighted by Crippen LogP contribution is -1.91. The van der Waals surface area contributed by atoms with Crippen molar-refractivity contribution in [1.82, 2.24) is 10.4 Å². The molecule has 0 radical (unpaired) electrons. The SMILES string of the molecule is O=[N+]([O-])c1ccccc1-c1conn1. The van der Waals surface area contributed by atoms with Gasteiger partial charge in [-0.25, -0.2) is 0 Å². The first-order valence-electron chi connectivity index (χ1n) is 3.80. The van der Waals surface area contributed by atoms with Crippen molar-refractivity contribution < 1.29 is 9.45 Å². The molecule has 2 rings (SSSR count). The van der Waals surface area contributed by atoms with Crippen molar-refractivity contribution in [2.75, 3.05) is 0 Å².